The van der Waals surface area contributed by atoms with Crippen molar-refractivity contribution in [3.05, 3.63) is 24.3 Å². The van der Waals surface area contributed by atoms with Gasteiger partial charge in [0.1, 0.15) is 0 Å². The van der Waals surface area contributed by atoms with E-state index in [9.17, 15) is 0 Å². The molecule has 0 saturated heterocycles. The Balaban J connectivity index is 2.48. The van der Waals surface area contributed by atoms with Crippen molar-refractivity contribution in [3.8, 4) is 0 Å². The first-order valence-electron chi connectivity index (χ1n) is 3.52. The molecular formula is C9H14. The lowest BCUT2D eigenvalue weighted by Gasteiger charge is -2.05. The minimum Gasteiger partial charge on any atom is -0.0998 e. The quantitative estimate of drug-likeness (QED) is 0.469. The van der Waals surface area contributed by atoms with Crippen LogP contribution in [0.3, 0.4) is 0 Å². The lowest BCUT2D eigenvalue weighted by molar-refractivity contribution is 0.653. The molecular weight excluding hydrogens is 108 g/mol. The maximum atomic E-state index is 3.95. The average molecular weight is 122 g/mol. The second-order valence-corrected chi connectivity index (χ2v) is 3.04. The van der Waals surface area contributed by atoms with Crippen LogP contribution in [0.5, 0.6) is 0 Å². The zero-order valence-electron chi connectivity index (χ0n) is 6.11. The van der Waals surface area contributed by atoms with Gasteiger partial charge in [-0.2, -0.15) is 0 Å². The zero-order valence-corrected chi connectivity index (χ0v) is 6.11. The van der Waals surface area contributed by atoms with Crippen molar-refractivity contribution in [3.63, 3.8) is 0 Å². The van der Waals surface area contributed by atoms with E-state index in [1.54, 1.807) is 0 Å². The van der Waals surface area contributed by atoms with Crippen molar-refractivity contribution in [2.75, 3.05) is 0 Å². The molecule has 0 heteroatoms. The summed E-state index contributed by atoms with van der Waals surface area (Å²) in [7, 11) is 0. The predicted molar refractivity (Wildman–Crippen MR) is 41.3 cm³/mol. The van der Waals surface area contributed by atoms with Gasteiger partial charge in [-0.1, -0.05) is 24.3 Å². The fourth-order valence-electron chi connectivity index (χ4n) is 1.35. The van der Waals surface area contributed by atoms with E-state index in [-0.39, 0.29) is 0 Å². The monoisotopic (exact) mass is 122 g/mol. The minimum atomic E-state index is 0.748. The highest BCUT2D eigenvalue weighted by molar-refractivity contribution is 5.11. The minimum absolute atomic E-state index is 0.748. The summed E-state index contributed by atoms with van der Waals surface area (Å²) < 4.78 is 0. The lowest BCUT2D eigenvalue weighted by Crippen LogP contribution is -1.91. The zero-order chi connectivity index (χ0) is 6.85. The van der Waals surface area contributed by atoms with Crippen LogP contribution in [0.2, 0.25) is 0 Å². The molecule has 0 radical (unpaired) electrons. The summed E-state index contributed by atoms with van der Waals surface area (Å²) in [5, 5.41) is 0. The van der Waals surface area contributed by atoms with Gasteiger partial charge in [0.2, 0.25) is 0 Å². The third-order valence-corrected chi connectivity index (χ3v) is 2.08. The normalized spacial score (nSPS) is 26.8. The summed E-state index contributed by atoms with van der Waals surface area (Å²) >= 11 is 0. The van der Waals surface area contributed by atoms with Gasteiger partial charge in [0.05, 0.1) is 0 Å². The SMILES string of the molecule is C=C1CCC(C(=C)C)C1. The van der Waals surface area contributed by atoms with Crippen molar-refractivity contribution in [2.24, 2.45) is 5.92 Å². The molecule has 1 saturated carbocycles. The molecule has 0 bridgehead atoms. The molecule has 0 nitrogen and oxygen atoms in total. The van der Waals surface area contributed by atoms with Crippen LogP contribution in [0, 0.1) is 5.92 Å². The molecule has 1 unspecified atom stereocenters. The smallest absolute Gasteiger partial charge is 0.0168 e. The molecule has 0 aliphatic heterocycles. The summed E-state index contributed by atoms with van der Waals surface area (Å²) in [5.74, 6) is 0.748. The third kappa shape index (κ3) is 1.44. The van der Waals surface area contributed by atoms with Crippen molar-refractivity contribution >= 4 is 0 Å². The molecule has 0 aromatic rings. The molecule has 0 spiro atoms. The second-order valence-electron chi connectivity index (χ2n) is 3.04. The van der Waals surface area contributed by atoms with E-state index in [2.05, 4.69) is 20.1 Å². The first-order valence-corrected chi connectivity index (χ1v) is 3.52. The Morgan fingerprint density at radius 2 is 2.33 bits per heavy atom. The summed E-state index contributed by atoms with van der Waals surface area (Å²) in [5.41, 5.74) is 2.73. The Kier molecular flexibility index (Phi) is 1.75. The van der Waals surface area contributed by atoms with E-state index in [4.69, 9.17) is 0 Å². The van der Waals surface area contributed by atoms with E-state index in [1.165, 1.54) is 30.4 Å². The predicted octanol–water partition coefficient (Wildman–Crippen LogP) is 2.92. The van der Waals surface area contributed by atoms with Crippen molar-refractivity contribution in [1.82, 2.24) is 0 Å². The van der Waals surface area contributed by atoms with Crippen molar-refractivity contribution in [2.45, 2.75) is 26.2 Å². The molecule has 1 aliphatic carbocycles. The lowest BCUT2D eigenvalue weighted by atomic mass is 10.0. The van der Waals surface area contributed by atoms with Crippen LogP contribution in [0.25, 0.3) is 0 Å². The first kappa shape index (κ1) is 6.60. The number of hydrogen-bond donors (Lipinski definition) is 0. The van der Waals surface area contributed by atoms with E-state index in [1.807, 2.05) is 0 Å². The van der Waals surface area contributed by atoms with Gasteiger partial charge in [0, 0.05) is 0 Å². The molecule has 1 fully saturated rings. The van der Waals surface area contributed by atoms with Gasteiger partial charge in [-0.15, -0.1) is 0 Å². The van der Waals surface area contributed by atoms with Crippen LogP contribution in [-0.2, 0) is 0 Å². The van der Waals surface area contributed by atoms with Crippen molar-refractivity contribution in [1.29, 1.82) is 0 Å². The van der Waals surface area contributed by atoms with Gasteiger partial charge in [0.25, 0.3) is 0 Å². The molecule has 0 aromatic heterocycles. The van der Waals surface area contributed by atoms with Crippen LogP contribution in [0.1, 0.15) is 26.2 Å². The molecule has 1 atom stereocenters. The Hall–Kier alpha value is -0.520. The summed E-state index contributed by atoms with van der Waals surface area (Å²) in [6, 6.07) is 0. The average Bonchev–Trinajstić information content (AvgIpc) is 2.14. The van der Waals surface area contributed by atoms with Crippen LogP contribution >= 0.6 is 0 Å². The van der Waals surface area contributed by atoms with Crippen LogP contribution in [-0.4, -0.2) is 0 Å². The van der Waals surface area contributed by atoms with E-state index in [0.29, 0.717) is 0 Å². The Bertz CT molecular complexity index is 142. The van der Waals surface area contributed by atoms with Gasteiger partial charge in [0.15, 0.2) is 0 Å². The molecule has 0 N–H and O–H groups in total. The Morgan fingerprint density at radius 3 is 2.56 bits per heavy atom. The number of allylic oxidation sites excluding steroid dienone is 2. The molecule has 0 heterocycles. The number of hydrogen-bond acceptors (Lipinski definition) is 0. The molecule has 50 valence electrons. The summed E-state index contributed by atoms with van der Waals surface area (Å²) in [6.45, 7) is 9.99. The molecule has 0 amide bonds. The summed E-state index contributed by atoms with van der Waals surface area (Å²) in [6.07, 6.45) is 3.70. The van der Waals surface area contributed by atoms with E-state index in [0.717, 1.165) is 5.92 Å². The third-order valence-electron chi connectivity index (χ3n) is 2.08. The van der Waals surface area contributed by atoms with Gasteiger partial charge >= 0.3 is 0 Å². The van der Waals surface area contributed by atoms with E-state index < -0.39 is 0 Å². The Morgan fingerprint density at radius 1 is 1.67 bits per heavy atom. The Labute approximate surface area is 57.3 Å². The van der Waals surface area contributed by atoms with Crippen LogP contribution in [0.4, 0.5) is 0 Å². The highest BCUT2D eigenvalue weighted by Gasteiger charge is 2.17. The van der Waals surface area contributed by atoms with Crippen LogP contribution in [0.15, 0.2) is 24.3 Å². The fraction of sp³-hybridized carbons (Fsp3) is 0.556. The highest BCUT2D eigenvalue weighted by atomic mass is 14.2. The highest BCUT2D eigenvalue weighted by Crippen LogP contribution is 2.32. The molecule has 1 aliphatic rings. The molecule has 9 heavy (non-hydrogen) atoms. The first-order chi connectivity index (χ1) is 4.20. The van der Waals surface area contributed by atoms with Gasteiger partial charge < -0.3 is 0 Å². The van der Waals surface area contributed by atoms with E-state index >= 15 is 0 Å². The van der Waals surface area contributed by atoms with Gasteiger partial charge in [-0.05, 0) is 32.1 Å². The van der Waals surface area contributed by atoms with Gasteiger partial charge in [-0.3, -0.25) is 0 Å². The second kappa shape index (κ2) is 2.38. The standard InChI is InChI=1S/C9H14/c1-7(2)9-5-4-8(3)6-9/h9H,1,3-6H2,2H3. The van der Waals surface area contributed by atoms with Gasteiger partial charge in [-0.25, -0.2) is 0 Å². The largest absolute Gasteiger partial charge is 0.0998 e. The number of rotatable bonds is 1. The molecule has 0 aromatic carbocycles. The van der Waals surface area contributed by atoms with Crippen molar-refractivity contribution < 1.29 is 0 Å². The summed E-state index contributed by atoms with van der Waals surface area (Å²) in [4.78, 5) is 0. The maximum absolute atomic E-state index is 3.95. The van der Waals surface area contributed by atoms with Crippen LogP contribution < -0.4 is 0 Å². The fourth-order valence-corrected chi connectivity index (χ4v) is 1.35. The topological polar surface area (TPSA) is 0 Å². The maximum Gasteiger partial charge on any atom is -0.0168 e. The molecule has 1 rings (SSSR count).